The van der Waals surface area contributed by atoms with Crippen LogP contribution < -0.4 is 10.5 Å². The summed E-state index contributed by atoms with van der Waals surface area (Å²) in [5, 5.41) is 0. The smallest absolute Gasteiger partial charge is 0.128 e. The largest absolute Gasteiger partial charge is 0.497 e. The fraction of sp³-hybridized carbons (Fsp3) is 0.333. The normalized spacial score (nSPS) is 16.9. The van der Waals surface area contributed by atoms with Crippen LogP contribution in [0.4, 0.5) is 4.39 Å². The van der Waals surface area contributed by atoms with E-state index in [2.05, 4.69) is 13.8 Å². The summed E-state index contributed by atoms with van der Waals surface area (Å²) in [6.07, 6.45) is 1.66. The Labute approximate surface area is 124 Å². The standard InChI is InChI=1S/C18H20FNO/c1-10-8-12(21-3)9-11(2)17(10)13-4-6-15(19)18-14(13)5-7-16(18)20/h4,6,8-9,16H,5,7,20H2,1-3H3/t16-/m1/s1. The molecular weight excluding hydrogens is 265 g/mol. The van der Waals surface area contributed by atoms with Crippen molar-refractivity contribution >= 4 is 0 Å². The number of hydrogen-bond acceptors (Lipinski definition) is 2. The predicted octanol–water partition coefficient (Wildman–Crippen LogP) is 4.06. The first-order chi connectivity index (χ1) is 10.0. The number of aryl methyl sites for hydroxylation is 2. The maximum atomic E-state index is 14.1. The molecule has 0 heterocycles. The predicted molar refractivity (Wildman–Crippen MR) is 83.1 cm³/mol. The zero-order valence-electron chi connectivity index (χ0n) is 12.7. The molecule has 0 amide bonds. The third kappa shape index (κ3) is 2.22. The van der Waals surface area contributed by atoms with Crippen molar-refractivity contribution in [1.29, 1.82) is 0 Å². The Morgan fingerprint density at radius 1 is 1.19 bits per heavy atom. The van der Waals surface area contributed by atoms with Crippen LogP contribution in [0.1, 0.15) is 34.7 Å². The second kappa shape index (κ2) is 5.15. The van der Waals surface area contributed by atoms with Crippen LogP contribution in [-0.4, -0.2) is 7.11 Å². The minimum absolute atomic E-state index is 0.178. The Bertz CT molecular complexity index is 686. The average Bonchev–Trinajstić information content (AvgIpc) is 2.83. The van der Waals surface area contributed by atoms with Gasteiger partial charge in [-0.2, -0.15) is 0 Å². The SMILES string of the molecule is COc1cc(C)c(-c2ccc(F)c3c2CC[C@H]3N)c(C)c1. The Hall–Kier alpha value is -1.87. The molecule has 110 valence electrons. The highest BCUT2D eigenvalue weighted by Crippen LogP contribution is 2.41. The monoisotopic (exact) mass is 285 g/mol. The number of methoxy groups -OCH3 is 1. The van der Waals surface area contributed by atoms with E-state index in [1.54, 1.807) is 13.2 Å². The van der Waals surface area contributed by atoms with E-state index >= 15 is 0 Å². The first-order valence-corrected chi connectivity index (χ1v) is 7.25. The molecule has 0 spiro atoms. The molecule has 2 N–H and O–H groups in total. The number of halogens is 1. The van der Waals surface area contributed by atoms with Gasteiger partial charge in [-0.05, 0) is 72.7 Å². The fourth-order valence-electron chi connectivity index (χ4n) is 3.45. The Balaban J connectivity index is 2.24. The van der Waals surface area contributed by atoms with Crippen molar-refractivity contribution < 1.29 is 9.13 Å². The summed E-state index contributed by atoms with van der Waals surface area (Å²) >= 11 is 0. The van der Waals surface area contributed by atoms with Gasteiger partial charge in [-0.1, -0.05) is 6.07 Å². The molecule has 0 saturated carbocycles. The highest BCUT2D eigenvalue weighted by molar-refractivity contribution is 5.76. The Morgan fingerprint density at radius 2 is 1.86 bits per heavy atom. The van der Waals surface area contributed by atoms with Crippen molar-refractivity contribution in [3.05, 3.63) is 52.3 Å². The summed E-state index contributed by atoms with van der Waals surface area (Å²) in [5.41, 5.74) is 12.4. The van der Waals surface area contributed by atoms with Gasteiger partial charge in [0.15, 0.2) is 0 Å². The van der Waals surface area contributed by atoms with Gasteiger partial charge in [-0.15, -0.1) is 0 Å². The van der Waals surface area contributed by atoms with E-state index in [1.807, 2.05) is 18.2 Å². The van der Waals surface area contributed by atoms with Gasteiger partial charge in [-0.3, -0.25) is 0 Å². The van der Waals surface area contributed by atoms with E-state index < -0.39 is 0 Å². The van der Waals surface area contributed by atoms with Gasteiger partial charge in [0.05, 0.1) is 7.11 Å². The van der Waals surface area contributed by atoms with E-state index in [0.29, 0.717) is 5.56 Å². The van der Waals surface area contributed by atoms with E-state index in [0.717, 1.165) is 40.8 Å². The van der Waals surface area contributed by atoms with Crippen molar-refractivity contribution in [3.63, 3.8) is 0 Å². The first-order valence-electron chi connectivity index (χ1n) is 7.25. The summed E-state index contributed by atoms with van der Waals surface area (Å²) in [4.78, 5) is 0. The highest BCUT2D eigenvalue weighted by Gasteiger charge is 2.26. The van der Waals surface area contributed by atoms with Crippen LogP contribution in [0.25, 0.3) is 11.1 Å². The number of hydrogen-bond donors (Lipinski definition) is 1. The number of nitrogens with two attached hydrogens (primary N) is 1. The van der Waals surface area contributed by atoms with Gasteiger partial charge in [-0.25, -0.2) is 4.39 Å². The summed E-state index contributed by atoms with van der Waals surface area (Å²) in [7, 11) is 1.67. The van der Waals surface area contributed by atoms with E-state index in [-0.39, 0.29) is 11.9 Å². The van der Waals surface area contributed by atoms with Crippen molar-refractivity contribution in [2.45, 2.75) is 32.7 Å². The number of fused-ring (bicyclic) bond motifs is 1. The molecule has 2 nitrogen and oxygen atoms in total. The van der Waals surface area contributed by atoms with Gasteiger partial charge >= 0.3 is 0 Å². The molecule has 0 bridgehead atoms. The van der Waals surface area contributed by atoms with E-state index in [1.165, 1.54) is 5.56 Å². The van der Waals surface area contributed by atoms with Crippen molar-refractivity contribution in [2.24, 2.45) is 5.73 Å². The fourth-order valence-corrected chi connectivity index (χ4v) is 3.45. The van der Waals surface area contributed by atoms with Gasteiger partial charge in [0.1, 0.15) is 11.6 Å². The maximum absolute atomic E-state index is 14.1. The molecule has 0 unspecified atom stereocenters. The number of benzene rings is 2. The summed E-state index contributed by atoms with van der Waals surface area (Å²) in [6.45, 7) is 4.13. The van der Waals surface area contributed by atoms with Crippen LogP contribution >= 0.6 is 0 Å². The molecule has 0 fully saturated rings. The van der Waals surface area contributed by atoms with Crippen molar-refractivity contribution in [1.82, 2.24) is 0 Å². The molecule has 0 saturated heterocycles. The van der Waals surface area contributed by atoms with E-state index in [4.69, 9.17) is 10.5 Å². The lowest BCUT2D eigenvalue weighted by Gasteiger charge is -2.16. The second-order valence-corrected chi connectivity index (χ2v) is 5.77. The van der Waals surface area contributed by atoms with Gasteiger partial charge in [0.25, 0.3) is 0 Å². The second-order valence-electron chi connectivity index (χ2n) is 5.77. The van der Waals surface area contributed by atoms with Crippen LogP contribution in [0.15, 0.2) is 24.3 Å². The van der Waals surface area contributed by atoms with Crippen LogP contribution in [0.2, 0.25) is 0 Å². The molecule has 3 heteroatoms. The zero-order valence-corrected chi connectivity index (χ0v) is 12.7. The average molecular weight is 285 g/mol. The summed E-state index contributed by atoms with van der Waals surface area (Å²) in [5.74, 6) is 0.673. The molecule has 0 radical (unpaired) electrons. The number of ether oxygens (including phenoxy) is 1. The summed E-state index contributed by atoms with van der Waals surface area (Å²) < 4.78 is 19.4. The molecule has 2 aromatic carbocycles. The lowest BCUT2D eigenvalue weighted by atomic mass is 9.90. The topological polar surface area (TPSA) is 35.2 Å². The minimum atomic E-state index is -0.182. The highest BCUT2D eigenvalue weighted by atomic mass is 19.1. The van der Waals surface area contributed by atoms with Gasteiger partial charge in [0.2, 0.25) is 0 Å². The zero-order chi connectivity index (χ0) is 15.1. The van der Waals surface area contributed by atoms with Crippen molar-refractivity contribution in [3.8, 4) is 16.9 Å². The minimum Gasteiger partial charge on any atom is -0.497 e. The molecule has 2 aromatic rings. The van der Waals surface area contributed by atoms with E-state index in [9.17, 15) is 4.39 Å². The molecule has 21 heavy (non-hydrogen) atoms. The molecule has 1 aliphatic carbocycles. The third-order valence-corrected chi connectivity index (χ3v) is 4.39. The first kappa shape index (κ1) is 14.1. The molecule has 1 atom stereocenters. The van der Waals surface area contributed by atoms with Crippen LogP contribution in [0.5, 0.6) is 5.75 Å². The number of rotatable bonds is 2. The maximum Gasteiger partial charge on any atom is 0.128 e. The molecular formula is C18H20FNO. The van der Waals surface area contributed by atoms with Crippen LogP contribution in [-0.2, 0) is 6.42 Å². The van der Waals surface area contributed by atoms with Crippen LogP contribution in [0, 0.1) is 19.7 Å². The molecule has 0 aliphatic heterocycles. The van der Waals surface area contributed by atoms with Gasteiger partial charge in [0, 0.05) is 11.6 Å². The molecule has 3 rings (SSSR count). The Kier molecular flexibility index (Phi) is 3.46. The Morgan fingerprint density at radius 3 is 2.48 bits per heavy atom. The van der Waals surface area contributed by atoms with Crippen molar-refractivity contribution in [2.75, 3.05) is 7.11 Å². The lowest BCUT2D eigenvalue weighted by Crippen LogP contribution is -2.07. The lowest BCUT2D eigenvalue weighted by molar-refractivity contribution is 0.414. The third-order valence-electron chi connectivity index (χ3n) is 4.39. The summed E-state index contributed by atoms with van der Waals surface area (Å²) in [6, 6.07) is 7.29. The quantitative estimate of drug-likeness (QED) is 0.903. The molecule has 0 aromatic heterocycles. The van der Waals surface area contributed by atoms with Crippen LogP contribution in [0.3, 0.4) is 0 Å². The molecule has 1 aliphatic rings. The van der Waals surface area contributed by atoms with Gasteiger partial charge < -0.3 is 10.5 Å².